The van der Waals surface area contributed by atoms with Gasteiger partial charge in [0.1, 0.15) is 0 Å². The van der Waals surface area contributed by atoms with E-state index in [1.165, 1.54) is 5.56 Å². The molecule has 1 aliphatic carbocycles. The molecule has 2 heterocycles. The predicted molar refractivity (Wildman–Crippen MR) is 96.6 cm³/mol. The van der Waals surface area contributed by atoms with Gasteiger partial charge in [-0.2, -0.15) is 0 Å². The molecule has 2 aromatic heterocycles. The Balaban J connectivity index is 1.87. The molecule has 1 atom stereocenters. The van der Waals surface area contributed by atoms with Gasteiger partial charge in [-0.3, -0.25) is 4.98 Å². The molecule has 118 valence electrons. The summed E-state index contributed by atoms with van der Waals surface area (Å²) >= 11 is 0. The van der Waals surface area contributed by atoms with E-state index in [4.69, 9.17) is 4.98 Å². The lowest BCUT2D eigenvalue weighted by atomic mass is 9.88. The van der Waals surface area contributed by atoms with E-state index in [9.17, 15) is 5.11 Å². The Bertz CT molecular complexity index is 929. The van der Waals surface area contributed by atoms with E-state index >= 15 is 0 Å². The summed E-state index contributed by atoms with van der Waals surface area (Å²) in [6, 6.07) is 14.6. The summed E-state index contributed by atoms with van der Waals surface area (Å²) in [7, 11) is 0. The highest BCUT2D eigenvalue weighted by Crippen LogP contribution is 2.35. The first-order chi connectivity index (χ1) is 11.8. The average Bonchev–Trinajstić information content (AvgIpc) is 2.68. The van der Waals surface area contributed by atoms with Gasteiger partial charge in [0, 0.05) is 23.1 Å². The first-order valence-corrected chi connectivity index (χ1v) is 8.13. The van der Waals surface area contributed by atoms with Crippen molar-refractivity contribution in [3.05, 3.63) is 84.4 Å². The summed E-state index contributed by atoms with van der Waals surface area (Å²) < 4.78 is 0. The molecule has 0 aliphatic heterocycles. The lowest BCUT2D eigenvalue weighted by molar-refractivity contribution is 0.334. The van der Waals surface area contributed by atoms with Crippen LogP contribution in [0.3, 0.4) is 0 Å². The quantitative estimate of drug-likeness (QED) is 0.785. The summed E-state index contributed by atoms with van der Waals surface area (Å²) in [4.78, 5) is 9.12. The van der Waals surface area contributed by atoms with Crippen LogP contribution in [0.4, 0.5) is 0 Å². The van der Waals surface area contributed by atoms with E-state index in [2.05, 4.69) is 47.5 Å². The SMILES string of the molecule is OCC1=CCC(c2nc3cnccc3cc2-c2ccccc2)C=C1. The summed E-state index contributed by atoms with van der Waals surface area (Å²) in [6.07, 6.45) is 10.7. The van der Waals surface area contributed by atoms with Crippen molar-refractivity contribution in [1.29, 1.82) is 0 Å². The standard InChI is InChI=1S/C21H18N2O/c24-14-15-6-8-17(9-7-15)21-19(16-4-2-1-3-5-16)12-18-10-11-22-13-20(18)23-21/h1-8,10-13,17,24H,9,14H2. The third-order valence-electron chi connectivity index (χ3n) is 4.44. The first-order valence-electron chi connectivity index (χ1n) is 8.13. The van der Waals surface area contributed by atoms with Crippen LogP contribution in [0.1, 0.15) is 18.0 Å². The Morgan fingerprint density at radius 1 is 1.12 bits per heavy atom. The number of aliphatic hydroxyl groups excluding tert-OH is 1. The molecule has 0 spiro atoms. The average molecular weight is 314 g/mol. The molecule has 1 aliphatic rings. The zero-order chi connectivity index (χ0) is 16.4. The molecular formula is C21H18N2O. The van der Waals surface area contributed by atoms with Crippen LogP contribution in [-0.4, -0.2) is 21.7 Å². The van der Waals surface area contributed by atoms with Gasteiger partial charge in [0.25, 0.3) is 0 Å². The third kappa shape index (κ3) is 2.74. The fraction of sp³-hybridized carbons (Fsp3) is 0.143. The molecule has 0 bridgehead atoms. The maximum Gasteiger partial charge on any atom is 0.0889 e. The maximum atomic E-state index is 9.28. The minimum Gasteiger partial charge on any atom is -0.392 e. The molecule has 24 heavy (non-hydrogen) atoms. The molecular weight excluding hydrogens is 296 g/mol. The van der Waals surface area contributed by atoms with Crippen LogP contribution in [0.25, 0.3) is 22.0 Å². The minimum atomic E-state index is 0.0871. The molecule has 4 rings (SSSR count). The van der Waals surface area contributed by atoms with E-state index < -0.39 is 0 Å². The summed E-state index contributed by atoms with van der Waals surface area (Å²) in [5.74, 6) is 0.208. The van der Waals surface area contributed by atoms with Crippen molar-refractivity contribution in [2.75, 3.05) is 6.61 Å². The van der Waals surface area contributed by atoms with Crippen LogP contribution in [0.15, 0.2) is 78.7 Å². The van der Waals surface area contributed by atoms with E-state index in [0.717, 1.165) is 34.2 Å². The van der Waals surface area contributed by atoms with Gasteiger partial charge in [-0.1, -0.05) is 48.6 Å². The molecule has 0 amide bonds. The smallest absolute Gasteiger partial charge is 0.0889 e. The fourth-order valence-electron chi connectivity index (χ4n) is 3.15. The number of aliphatic hydroxyl groups is 1. The van der Waals surface area contributed by atoms with Crippen molar-refractivity contribution in [2.45, 2.75) is 12.3 Å². The van der Waals surface area contributed by atoms with Crippen LogP contribution in [0.5, 0.6) is 0 Å². The number of aromatic nitrogens is 2. The molecule has 0 saturated carbocycles. The van der Waals surface area contributed by atoms with Crippen molar-refractivity contribution >= 4 is 10.9 Å². The van der Waals surface area contributed by atoms with Crippen molar-refractivity contribution < 1.29 is 5.11 Å². The number of allylic oxidation sites excluding steroid dienone is 2. The van der Waals surface area contributed by atoms with E-state index in [-0.39, 0.29) is 12.5 Å². The Hall–Kier alpha value is -2.78. The van der Waals surface area contributed by atoms with Crippen LogP contribution in [0, 0.1) is 0 Å². The van der Waals surface area contributed by atoms with Gasteiger partial charge in [0.05, 0.1) is 24.0 Å². The highest BCUT2D eigenvalue weighted by Gasteiger charge is 2.18. The Morgan fingerprint density at radius 3 is 2.75 bits per heavy atom. The Labute approximate surface area is 141 Å². The van der Waals surface area contributed by atoms with Gasteiger partial charge < -0.3 is 5.11 Å². The molecule has 3 nitrogen and oxygen atoms in total. The van der Waals surface area contributed by atoms with Crippen molar-refractivity contribution in [2.24, 2.45) is 0 Å². The molecule has 0 radical (unpaired) electrons. The second-order valence-corrected chi connectivity index (χ2v) is 5.99. The molecule has 1 aromatic carbocycles. The van der Waals surface area contributed by atoms with E-state index in [1.807, 2.05) is 24.4 Å². The number of nitrogens with zero attached hydrogens (tertiary/aromatic N) is 2. The zero-order valence-corrected chi connectivity index (χ0v) is 13.3. The topological polar surface area (TPSA) is 46.0 Å². The zero-order valence-electron chi connectivity index (χ0n) is 13.3. The Kier molecular flexibility index (Phi) is 3.93. The summed E-state index contributed by atoms with van der Waals surface area (Å²) in [5.41, 5.74) is 5.27. The summed E-state index contributed by atoms with van der Waals surface area (Å²) in [6.45, 7) is 0.0871. The molecule has 3 heteroatoms. The lowest BCUT2D eigenvalue weighted by Crippen LogP contribution is -2.05. The minimum absolute atomic E-state index is 0.0871. The largest absolute Gasteiger partial charge is 0.392 e. The molecule has 3 aromatic rings. The van der Waals surface area contributed by atoms with Gasteiger partial charge in [-0.25, -0.2) is 4.98 Å². The number of hydrogen-bond donors (Lipinski definition) is 1. The highest BCUT2D eigenvalue weighted by molar-refractivity contribution is 5.84. The number of hydrogen-bond acceptors (Lipinski definition) is 3. The fourth-order valence-corrected chi connectivity index (χ4v) is 3.15. The predicted octanol–water partition coefficient (Wildman–Crippen LogP) is 4.26. The van der Waals surface area contributed by atoms with E-state index in [1.54, 1.807) is 6.20 Å². The monoisotopic (exact) mass is 314 g/mol. The van der Waals surface area contributed by atoms with Crippen molar-refractivity contribution in [3.63, 3.8) is 0 Å². The molecule has 1 N–H and O–H groups in total. The second kappa shape index (κ2) is 6.38. The normalized spacial score (nSPS) is 17.0. The summed E-state index contributed by atoms with van der Waals surface area (Å²) in [5, 5.41) is 10.4. The Morgan fingerprint density at radius 2 is 2.00 bits per heavy atom. The maximum absolute atomic E-state index is 9.28. The lowest BCUT2D eigenvalue weighted by Gasteiger charge is -2.19. The van der Waals surface area contributed by atoms with Gasteiger partial charge in [-0.05, 0) is 29.7 Å². The highest BCUT2D eigenvalue weighted by atomic mass is 16.3. The molecule has 0 saturated heterocycles. The van der Waals surface area contributed by atoms with Crippen LogP contribution in [0.2, 0.25) is 0 Å². The van der Waals surface area contributed by atoms with Crippen LogP contribution < -0.4 is 0 Å². The van der Waals surface area contributed by atoms with E-state index in [0.29, 0.717) is 0 Å². The first kappa shape index (κ1) is 14.8. The molecule has 1 unspecified atom stereocenters. The van der Waals surface area contributed by atoms with Crippen LogP contribution >= 0.6 is 0 Å². The number of rotatable bonds is 3. The van der Waals surface area contributed by atoms with Gasteiger partial charge in [0.2, 0.25) is 0 Å². The van der Waals surface area contributed by atoms with Gasteiger partial charge in [0.15, 0.2) is 0 Å². The van der Waals surface area contributed by atoms with Gasteiger partial charge in [-0.15, -0.1) is 0 Å². The van der Waals surface area contributed by atoms with Crippen molar-refractivity contribution in [3.8, 4) is 11.1 Å². The second-order valence-electron chi connectivity index (χ2n) is 5.99. The number of pyridine rings is 2. The number of benzene rings is 1. The van der Waals surface area contributed by atoms with Crippen LogP contribution in [-0.2, 0) is 0 Å². The molecule has 0 fully saturated rings. The number of fused-ring (bicyclic) bond motifs is 1. The van der Waals surface area contributed by atoms with Gasteiger partial charge >= 0.3 is 0 Å². The third-order valence-corrected chi connectivity index (χ3v) is 4.44. The van der Waals surface area contributed by atoms with Crippen molar-refractivity contribution in [1.82, 2.24) is 9.97 Å².